The number of ether oxygens (including phenoxy) is 2. The normalized spacial score (nSPS) is 17.1. The zero-order chi connectivity index (χ0) is 31.5. The van der Waals surface area contributed by atoms with Gasteiger partial charge >= 0.3 is 0 Å². The Morgan fingerprint density at radius 2 is 1.36 bits per heavy atom. The molecule has 0 heterocycles. The molecule has 0 radical (unpaired) electrons. The highest BCUT2D eigenvalue weighted by atomic mass is 32.2. The molecule has 44 heavy (non-hydrogen) atoms. The van der Waals surface area contributed by atoms with Gasteiger partial charge in [0.1, 0.15) is 11.5 Å². The van der Waals surface area contributed by atoms with Gasteiger partial charge in [0, 0.05) is 11.0 Å². The highest BCUT2D eigenvalue weighted by molar-refractivity contribution is 7.99. The highest BCUT2D eigenvalue weighted by Crippen LogP contribution is 2.39. The maximum absolute atomic E-state index is 9.98. The molecule has 4 atom stereocenters. The number of hydrogen-bond donors (Lipinski definition) is 1. The zero-order valence-electron chi connectivity index (χ0n) is 28.1. The van der Waals surface area contributed by atoms with Crippen molar-refractivity contribution in [3.63, 3.8) is 0 Å². The van der Waals surface area contributed by atoms with Crippen molar-refractivity contribution in [1.29, 1.82) is 0 Å². The molecule has 1 aliphatic carbocycles. The molecule has 1 saturated carbocycles. The Morgan fingerprint density at radius 3 is 1.98 bits per heavy atom. The molecule has 0 aromatic heterocycles. The van der Waals surface area contributed by atoms with Gasteiger partial charge in [-0.2, -0.15) is 11.8 Å². The Balaban J connectivity index is 1.36. The van der Waals surface area contributed by atoms with Gasteiger partial charge in [-0.25, -0.2) is 0 Å². The third-order valence-corrected chi connectivity index (χ3v) is 10.8. The van der Waals surface area contributed by atoms with Gasteiger partial charge in [-0.15, -0.1) is 0 Å². The van der Waals surface area contributed by atoms with Crippen LogP contribution >= 0.6 is 11.8 Å². The van der Waals surface area contributed by atoms with Crippen LogP contribution in [0.3, 0.4) is 0 Å². The molecule has 4 heteroatoms. The fourth-order valence-electron chi connectivity index (χ4n) is 6.58. The average Bonchev–Trinajstić information content (AvgIpc) is 3.02. The summed E-state index contributed by atoms with van der Waals surface area (Å²) in [4.78, 5) is 0. The number of phenolic OH excluding ortho intramolecular Hbond substituents is 1. The molecule has 4 rings (SSSR count). The molecular weight excluding hydrogens is 561 g/mol. The van der Waals surface area contributed by atoms with E-state index in [0.29, 0.717) is 23.5 Å². The van der Waals surface area contributed by atoms with Crippen molar-refractivity contribution in [3.8, 4) is 11.5 Å². The summed E-state index contributed by atoms with van der Waals surface area (Å²) < 4.78 is 12.1. The molecule has 1 fully saturated rings. The summed E-state index contributed by atoms with van der Waals surface area (Å²) in [5, 5.41) is 10.8. The summed E-state index contributed by atoms with van der Waals surface area (Å²) in [5.41, 5.74) is 5.57. The second-order valence-corrected chi connectivity index (χ2v) is 15.3. The van der Waals surface area contributed by atoms with Crippen LogP contribution in [0.25, 0.3) is 0 Å². The van der Waals surface area contributed by atoms with Gasteiger partial charge in [0.2, 0.25) is 0 Å². The van der Waals surface area contributed by atoms with Crippen molar-refractivity contribution in [2.45, 2.75) is 128 Å². The van der Waals surface area contributed by atoms with Crippen LogP contribution in [0.15, 0.2) is 72.8 Å². The first-order chi connectivity index (χ1) is 21.1. The van der Waals surface area contributed by atoms with Gasteiger partial charge < -0.3 is 14.6 Å². The maximum Gasteiger partial charge on any atom is 0.197 e. The summed E-state index contributed by atoms with van der Waals surface area (Å²) in [6, 6.07) is 25.8. The minimum atomic E-state index is -0.257. The van der Waals surface area contributed by atoms with E-state index in [2.05, 4.69) is 107 Å². The Bertz CT molecular complexity index is 1220. The van der Waals surface area contributed by atoms with E-state index in [1.165, 1.54) is 54.4 Å². The molecule has 3 aromatic carbocycles. The van der Waals surface area contributed by atoms with Gasteiger partial charge in [-0.3, -0.25) is 0 Å². The molecule has 4 unspecified atom stereocenters. The average molecular weight is 617 g/mol. The smallest absolute Gasteiger partial charge is 0.197 e. The van der Waals surface area contributed by atoms with E-state index >= 15 is 0 Å². The summed E-state index contributed by atoms with van der Waals surface area (Å²) in [5.74, 6) is 3.47. The summed E-state index contributed by atoms with van der Waals surface area (Å²) in [7, 11) is 0. The minimum Gasteiger partial charge on any atom is -0.508 e. The molecule has 1 N–H and O–H groups in total. The van der Waals surface area contributed by atoms with Crippen LogP contribution in [0.2, 0.25) is 0 Å². The van der Waals surface area contributed by atoms with Crippen LogP contribution in [-0.4, -0.2) is 29.0 Å². The highest BCUT2D eigenvalue weighted by Gasteiger charge is 2.23. The van der Waals surface area contributed by atoms with E-state index in [-0.39, 0.29) is 11.7 Å². The molecule has 0 spiro atoms. The first kappa shape index (κ1) is 34.4. The third kappa shape index (κ3) is 10.6. The Hall–Kier alpha value is -2.43. The Labute approximate surface area is 272 Å². The summed E-state index contributed by atoms with van der Waals surface area (Å²) >= 11 is 2.07. The third-order valence-electron chi connectivity index (χ3n) is 9.41. The van der Waals surface area contributed by atoms with E-state index in [9.17, 15) is 5.11 Å². The molecule has 0 bridgehead atoms. The van der Waals surface area contributed by atoms with Gasteiger partial charge in [0.25, 0.3) is 0 Å². The lowest BCUT2D eigenvalue weighted by atomic mass is 9.78. The molecule has 240 valence electrons. The molecule has 1 aliphatic rings. The van der Waals surface area contributed by atoms with Crippen LogP contribution < -0.4 is 4.74 Å². The van der Waals surface area contributed by atoms with Crippen molar-refractivity contribution < 1.29 is 14.6 Å². The number of rotatable bonds is 15. The lowest BCUT2D eigenvalue weighted by molar-refractivity contribution is -0.0602. The van der Waals surface area contributed by atoms with Crippen LogP contribution in [0.5, 0.6) is 11.5 Å². The Kier molecular flexibility index (Phi) is 13.1. The number of benzene rings is 3. The minimum absolute atomic E-state index is 0.156. The number of hydrogen-bond acceptors (Lipinski definition) is 4. The lowest BCUT2D eigenvalue weighted by Gasteiger charge is -2.27. The largest absolute Gasteiger partial charge is 0.508 e. The zero-order valence-corrected chi connectivity index (χ0v) is 28.9. The second-order valence-electron chi connectivity index (χ2n) is 13.9. The lowest BCUT2D eigenvalue weighted by Crippen LogP contribution is -2.19. The predicted octanol–water partition coefficient (Wildman–Crippen LogP) is 11.4. The summed E-state index contributed by atoms with van der Waals surface area (Å²) in [6.45, 7) is 14.2. The fourth-order valence-corrected chi connectivity index (χ4v) is 7.77. The second kappa shape index (κ2) is 16.8. The van der Waals surface area contributed by atoms with Gasteiger partial charge in [-0.1, -0.05) is 102 Å². The molecule has 0 amide bonds. The summed E-state index contributed by atoms with van der Waals surface area (Å²) in [6.07, 6.45) is 9.83. The molecule has 0 saturated heterocycles. The van der Waals surface area contributed by atoms with E-state index in [0.717, 1.165) is 42.6 Å². The predicted molar refractivity (Wildman–Crippen MR) is 188 cm³/mol. The van der Waals surface area contributed by atoms with Gasteiger partial charge in [-0.05, 0) is 109 Å². The van der Waals surface area contributed by atoms with Crippen molar-refractivity contribution in [3.05, 3.63) is 95.1 Å². The van der Waals surface area contributed by atoms with Crippen LogP contribution in [-0.2, 0) is 10.2 Å². The quantitative estimate of drug-likeness (QED) is 0.136. The molecule has 0 aliphatic heterocycles. The van der Waals surface area contributed by atoms with Crippen LogP contribution in [0.4, 0.5) is 0 Å². The molecule has 3 aromatic rings. The fraction of sp³-hybridized carbons (Fsp3) is 0.550. The van der Waals surface area contributed by atoms with Crippen molar-refractivity contribution in [1.82, 2.24) is 0 Å². The molecule has 3 nitrogen and oxygen atoms in total. The first-order valence-electron chi connectivity index (χ1n) is 17.0. The van der Waals surface area contributed by atoms with Crippen molar-refractivity contribution in [2.75, 3.05) is 12.4 Å². The van der Waals surface area contributed by atoms with Gasteiger partial charge in [0.05, 0.1) is 6.61 Å². The van der Waals surface area contributed by atoms with Crippen molar-refractivity contribution >= 4 is 11.8 Å². The Morgan fingerprint density at radius 1 is 0.773 bits per heavy atom. The SMILES string of the molecule is CCC(CC(CC(C)c1ccc(C(C)(C)C)cc1)c1ccc(O)cc1)c1ccc(OC(C)OCCSC2CCCCC2)cc1. The van der Waals surface area contributed by atoms with E-state index in [1.807, 2.05) is 19.1 Å². The van der Waals surface area contributed by atoms with Crippen LogP contribution in [0, 0.1) is 0 Å². The van der Waals surface area contributed by atoms with E-state index in [1.54, 1.807) is 0 Å². The van der Waals surface area contributed by atoms with E-state index in [4.69, 9.17) is 9.47 Å². The number of phenols is 1. The topological polar surface area (TPSA) is 38.7 Å². The molecular formula is C40H56O3S. The van der Waals surface area contributed by atoms with Crippen molar-refractivity contribution in [2.24, 2.45) is 0 Å². The van der Waals surface area contributed by atoms with E-state index < -0.39 is 0 Å². The number of aromatic hydroxyl groups is 1. The van der Waals surface area contributed by atoms with Crippen LogP contribution in [0.1, 0.15) is 133 Å². The number of thioether (sulfide) groups is 1. The van der Waals surface area contributed by atoms with Gasteiger partial charge in [0.15, 0.2) is 6.29 Å². The monoisotopic (exact) mass is 616 g/mol. The first-order valence-corrected chi connectivity index (χ1v) is 18.1. The maximum atomic E-state index is 9.98. The standard InChI is InChI=1S/C40H56O3S/c1-7-31(33-17-23-38(24-18-33)43-30(3)42-25-26-44-39-11-9-8-10-12-39)28-35(34-15-21-37(41)22-16-34)27-29(2)32-13-19-36(20-14-32)40(4,5)6/h13-24,29-31,35,39,41H,7-12,25-28H2,1-6H3.